The average molecular weight is 389 g/mol. The van der Waals surface area contributed by atoms with Gasteiger partial charge in [-0.1, -0.05) is 11.6 Å². The van der Waals surface area contributed by atoms with Gasteiger partial charge in [-0.05, 0) is 55.0 Å². The highest BCUT2D eigenvalue weighted by atomic mass is 35.5. The number of carbonyl (C=O) groups is 2. The quantitative estimate of drug-likeness (QED) is 0.854. The van der Waals surface area contributed by atoms with Crippen LogP contribution in [-0.2, 0) is 9.53 Å². The molecule has 0 radical (unpaired) electrons. The van der Waals surface area contributed by atoms with Gasteiger partial charge in [0, 0.05) is 29.4 Å². The third-order valence-electron chi connectivity index (χ3n) is 4.21. The van der Waals surface area contributed by atoms with Crippen molar-refractivity contribution in [3.63, 3.8) is 0 Å². The zero-order valence-electron chi connectivity index (χ0n) is 15.0. The van der Waals surface area contributed by atoms with E-state index in [1.165, 1.54) is 0 Å². The number of hydrogen-bond donors (Lipinski definition) is 1. The molecule has 1 heterocycles. The predicted octanol–water partition coefficient (Wildman–Crippen LogP) is 3.14. The van der Waals surface area contributed by atoms with Gasteiger partial charge < -0.3 is 19.7 Å². The van der Waals surface area contributed by atoms with Crippen molar-refractivity contribution in [2.75, 3.05) is 38.2 Å². The number of halogens is 1. The van der Waals surface area contributed by atoms with E-state index in [0.29, 0.717) is 48.3 Å². The van der Waals surface area contributed by atoms with Crippen LogP contribution in [0.3, 0.4) is 0 Å². The van der Waals surface area contributed by atoms with E-state index in [0.717, 1.165) is 5.56 Å². The highest BCUT2D eigenvalue weighted by Crippen LogP contribution is 2.21. The Balaban J connectivity index is 1.52. The number of nitrogens with one attached hydrogen (secondary N) is 1. The lowest BCUT2D eigenvalue weighted by atomic mass is 10.1. The summed E-state index contributed by atoms with van der Waals surface area (Å²) in [5.74, 6) is 0.269. The van der Waals surface area contributed by atoms with Gasteiger partial charge in [-0.3, -0.25) is 9.59 Å². The Labute approximate surface area is 163 Å². The molecule has 7 heteroatoms. The first-order valence-corrected chi connectivity index (χ1v) is 9.06. The first-order chi connectivity index (χ1) is 13.0. The van der Waals surface area contributed by atoms with Crippen LogP contribution in [-0.4, -0.2) is 49.6 Å². The number of amides is 2. The van der Waals surface area contributed by atoms with Crippen LogP contribution in [0.25, 0.3) is 0 Å². The maximum Gasteiger partial charge on any atom is 0.262 e. The summed E-state index contributed by atoms with van der Waals surface area (Å²) >= 11 is 5.97. The second-order valence-corrected chi connectivity index (χ2v) is 6.64. The molecule has 1 N–H and O–H groups in total. The molecule has 0 spiro atoms. The molecule has 0 atom stereocenters. The van der Waals surface area contributed by atoms with Crippen molar-refractivity contribution >= 4 is 29.1 Å². The van der Waals surface area contributed by atoms with Crippen molar-refractivity contribution in [3.05, 3.63) is 58.6 Å². The molecule has 1 aliphatic heterocycles. The van der Waals surface area contributed by atoms with E-state index in [1.807, 2.05) is 6.92 Å². The molecule has 2 aromatic carbocycles. The molecule has 0 unspecified atom stereocenters. The van der Waals surface area contributed by atoms with Crippen molar-refractivity contribution in [1.29, 1.82) is 0 Å². The van der Waals surface area contributed by atoms with E-state index in [1.54, 1.807) is 47.4 Å². The lowest BCUT2D eigenvalue weighted by Crippen LogP contribution is -2.40. The summed E-state index contributed by atoms with van der Waals surface area (Å²) in [4.78, 5) is 26.2. The molecule has 6 nitrogen and oxygen atoms in total. The number of hydrogen-bond acceptors (Lipinski definition) is 4. The number of rotatable bonds is 5. The normalized spacial score (nSPS) is 13.9. The number of carbonyl (C=O) groups excluding carboxylic acids is 2. The summed E-state index contributed by atoms with van der Waals surface area (Å²) in [7, 11) is 0. The molecule has 0 aromatic heterocycles. The maximum atomic E-state index is 12.4. The Morgan fingerprint density at radius 3 is 2.52 bits per heavy atom. The second kappa shape index (κ2) is 8.88. The number of aryl methyl sites for hydroxylation is 1. The molecule has 0 saturated carbocycles. The highest BCUT2D eigenvalue weighted by Gasteiger charge is 2.18. The first-order valence-electron chi connectivity index (χ1n) is 8.69. The van der Waals surface area contributed by atoms with Crippen LogP contribution < -0.4 is 10.1 Å². The molecule has 3 rings (SSSR count). The largest absolute Gasteiger partial charge is 0.484 e. The molecule has 1 fully saturated rings. The van der Waals surface area contributed by atoms with Crippen LogP contribution in [0.2, 0.25) is 5.02 Å². The molecule has 2 aromatic rings. The van der Waals surface area contributed by atoms with Crippen molar-refractivity contribution in [3.8, 4) is 5.75 Å². The minimum atomic E-state index is -0.283. The summed E-state index contributed by atoms with van der Waals surface area (Å²) < 4.78 is 10.7. The molecular weight excluding hydrogens is 368 g/mol. The lowest BCUT2D eigenvalue weighted by molar-refractivity contribution is -0.118. The fourth-order valence-electron chi connectivity index (χ4n) is 2.70. The lowest BCUT2D eigenvalue weighted by Gasteiger charge is -2.26. The van der Waals surface area contributed by atoms with Gasteiger partial charge in [0.15, 0.2) is 6.61 Å². The van der Waals surface area contributed by atoms with Crippen LogP contribution in [0.5, 0.6) is 5.75 Å². The summed E-state index contributed by atoms with van der Waals surface area (Å²) in [5, 5.41) is 3.40. The number of ether oxygens (including phenoxy) is 2. The zero-order chi connectivity index (χ0) is 19.2. The summed E-state index contributed by atoms with van der Waals surface area (Å²) in [5.41, 5.74) is 2.08. The van der Waals surface area contributed by atoms with Gasteiger partial charge in [0.05, 0.1) is 13.2 Å². The molecule has 142 valence electrons. The van der Waals surface area contributed by atoms with E-state index in [4.69, 9.17) is 21.1 Å². The van der Waals surface area contributed by atoms with E-state index in [-0.39, 0.29) is 18.4 Å². The summed E-state index contributed by atoms with van der Waals surface area (Å²) in [6, 6.07) is 12.0. The van der Waals surface area contributed by atoms with E-state index >= 15 is 0 Å². The summed E-state index contributed by atoms with van der Waals surface area (Å²) in [6.45, 7) is 4.07. The van der Waals surface area contributed by atoms with Gasteiger partial charge in [0.1, 0.15) is 5.75 Å². The van der Waals surface area contributed by atoms with Gasteiger partial charge in [-0.2, -0.15) is 0 Å². The Hall–Kier alpha value is -2.57. The van der Waals surface area contributed by atoms with Crippen LogP contribution in [0.4, 0.5) is 5.69 Å². The van der Waals surface area contributed by atoms with Gasteiger partial charge in [-0.25, -0.2) is 0 Å². The van der Waals surface area contributed by atoms with Crippen molar-refractivity contribution in [2.24, 2.45) is 0 Å². The predicted molar refractivity (Wildman–Crippen MR) is 103 cm³/mol. The molecule has 2 amide bonds. The minimum absolute atomic E-state index is 0.0300. The monoisotopic (exact) mass is 388 g/mol. The summed E-state index contributed by atoms with van der Waals surface area (Å²) in [6.07, 6.45) is 0. The standard InChI is InChI=1S/C20H21ClN2O4/c1-14-12-17(6-7-18(14)21)27-13-19(24)22-16-4-2-15(3-5-16)20(25)23-8-10-26-11-9-23/h2-7,12H,8-11,13H2,1H3,(H,22,24). The van der Waals surface area contributed by atoms with Crippen molar-refractivity contribution < 1.29 is 19.1 Å². The Morgan fingerprint density at radius 1 is 1.15 bits per heavy atom. The maximum absolute atomic E-state index is 12.4. The molecule has 1 saturated heterocycles. The number of morpholine rings is 1. The Bertz CT molecular complexity index is 817. The minimum Gasteiger partial charge on any atom is -0.484 e. The van der Waals surface area contributed by atoms with Crippen molar-refractivity contribution in [2.45, 2.75) is 6.92 Å². The van der Waals surface area contributed by atoms with E-state index < -0.39 is 0 Å². The van der Waals surface area contributed by atoms with Crippen molar-refractivity contribution in [1.82, 2.24) is 4.90 Å². The number of nitrogens with zero attached hydrogens (tertiary/aromatic N) is 1. The topological polar surface area (TPSA) is 67.9 Å². The van der Waals surface area contributed by atoms with Crippen LogP contribution >= 0.6 is 11.6 Å². The highest BCUT2D eigenvalue weighted by molar-refractivity contribution is 6.31. The SMILES string of the molecule is Cc1cc(OCC(=O)Nc2ccc(C(=O)N3CCOCC3)cc2)ccc1Cl. The molecule has 1 aliphatic rings. The van der Waals surface area contributed by atoms with E-state index in [2.05, 4.69) is 5.32 Å². The third kappa shape index (κ3) is 5.21. The smallest absolute Gasteiger partial charge is 0.262 e. The van der Waals surface area contributed by atoms with Crippen LogP contribution in [0.15, 0.2) is 42.5 Å². The van der Waals surface area contributed by atoms with E-state index in [9.17, 15) is 9.59 Å². The average Bonchev–Trinajstić information content (AvgIpc) is 2.69. The molecule has 0 bridgehead atoms. The Kier molecular flexibility index (Phi) is 6.32. The first kappa shape index (κ1) is 19.2. The van der Waals surface area contributed by atoms with Crippen LogP contribution in [0.1, 0.15) is 15.9 Å². The van der Waals surface area contributed by atoms with Gasteiger partial charge in [-0.15, -0.1) is 0 Å². The number of anilines is 1. The molecule has 0 aliphatic carbocycles. The molecule has 27 heavy (non-hydrogen) atoms. The molecular formula is C20H21ClN2O4. The van der Waals surface area contributed by atoms with Gasteiger partial charge in [0.2, 0.25) is 0 Å². The zero-order valence-corrected chi connectivity index (χ0v) is 15.8. The fourth-order valence-corrected chi connectivity index (χ4v) is 2.82. The Morgan fingerprint density at radius 2 is 1.85 bits per heavy atom. The number of benzene rings is 2. The van der Waals surface area contributed by atoms with Crippen LogP contribution in [0, 0.1) is 6.92 Å². The second-order valence-electron chi connectivity index (χ2n) is 6.23. The van der Waals surface area contributed by atoms with Gasteiger partial charge >= 0.3 is 0 Å². The van der Waals surface area contributed by atoms with Gasteiger partial charge in [0.25, 0.3) is 11.8 Å². The third-order valence-corrected chi connectivity index (χ3v) is 4.64. The fraction of sp³-hybridized carbons (Fsp3) is 0.300.